The summed E-state index contributed by atoms with van der Waals surface area (Å²) in [6.07, 6.45) is 3.91. The van der Waals surface area contributed by atoms with E-state index in [-0.39, 0.29) is 12.1 Å². The van der Waals surface area contributed by atoms with Crippen molar-refractivity contribution in [2.45, 2.75) is 12.1 Å². The molecule has 2 aliphatic heterocycles. The first-order chi connectivity index (χ1) is 14.7. The summed E-state index contributed by atoms with van der Waals surface area (Å²) in [4.78, 5) is 9.19. The first kappa shape index (κ1) is 19.1. The number of nitrogens with zero attached hydrogens (tertiary/aromatic N) is 4. The average Bonchev–Trinajstić information content (AvgIpc) is 3.37. The summed E-state index contributed by atoms with van der Waals surface area (Å²) < 4.78 is 7.64. The van der Waals surface area contributed by atoms with Crippen LogP contribution in [-0.2, 0) is 11.8 Å². The molecular weight excluding hydrogens is 394 g/mol. The number of morpholine rings is 1. The molecule has 2 saturated heterocycles. The van der Waals surface area contributed by atoms with E-state index in [0.29, 0.717) is 0 Å². The molecule has 6 nitrogen and oxygen atoms in total. The lowest BCUT2D eigenvalue weighted by Gasteiger charge is -2.31. The average molecular weight is 420 g/mol. The van der Waals surface area contributed by atoms with Crippen molar-refractivity contribution in [2.75, 3.05) is 36.1 Å². The van der Waals surface area contributed by atoms with Crippen LogP contribution in [0.4, 0.5) is 11.4 Å². The van der Waals surface area contributed by atoms with Crippen molar-refractivity contribution in [1.82, 2.24) is 14.9 Å². The Morgan fingerprint density at radius 3 is 2.43 bits per heavy atom. The largest absolute Gasteiger partial charge is 0.378 e. The van der Waals surface area contributed by atoms with Gasteiger partial charge in [0.1, 0.15) is 6.04 Å². The quantitative estimate of drug-likeness (QED) is 0.654. The number of benzene rings is 1. The summed E-state index contributed by atoms with van der Waals surface area (Å²) in [5.74, 6) is 0. The number of hydrogen-bond acceptors (Lipinski definition) is 4. The van der Waals surface area contributed by atoms with E-state index >= 15 is 0 Å². The Morgan fingerprint density at radius 1 is 1.00 bits per heavy atom. The normalized spacial score (nSPS) is 21.7. The maximum absolute atomic E-state index is 5.80. The number of nitrogens with one attached hydrogen (secondary N) is 1. The zero-order valence-electron chi connectivity index (χ0n) is 16.9. The molecule has 2 aliphatic rings. The summed E-state index contributed by atoms with van der Waals surface area (Å²) >= 11 is 5.80. The molecule has 0 spiro atoms. The van der Waals surface area contributed by atoms with Crippen LogP contribution in [0.1, 0.15) is 23.5 Å². The predicted molar refractivity (Wildman–Crippen MR) is 123 cm³/mol. The third-order valence-electron chi connectivity index (χ3n) is 5.89. The lowest BCUT2D eigenvalue weighted by atomic mass is 10.0. The minimum atomic E-state index is -0.0220. The molecule has 2 unspecified atom stereocenters. The highest BCUT2D eigenvalue weighted by molar-refractivity contribution is 7.80. The molecule has 2 fully saturated rings. The van der Waals surface area contributed by atoms with Crippen LogP contribution in [0.3, 0.4) is 0 Å². The van der Waals surface area contributed by atoms with Crippen LogP contribution in [-0.4, -0.2) is 41.0 Å². The van der Waals surface area contributed by atoms with Crippen molar-refractivity contribution in [3.05, 3.63) is 78.4 Å². The van der Waals surface area contributed by atoms with Gasteiger partial charge in [0.2, 0.25) is 0 Å². The Hall–Kier alpha value is -2.90. The molecular formula is C23H25N5OS. The highest BCUT2D eigenvalue weighted by Crippen LogP contribution is 2.41. The van der Waals surface area contributed by atoms with Gasteiger partial charge in [-0.15, -0.1) is 0 Å². The number of hydrogen-bond donors (Lipinski definition) is 1. The van der Waals surface area contributed by atoms with Crippen molar-refractivity contribution in [3.8, 4) is 0 Å². The molecule has 3 aromatic rings. The monoisotopic (exact) mass is 419 g/mol. The Kier molecular flexibility index (Phi) is 5.14. The fourth-order valence-electron chi connectivity index (χ4n) is 4.36. The van der Waals surface area contributed by atoms with Crippen LogP contribution < -0.4 is 15.1 Å². The van der Waals surface area contributed by atoms with Gasteiger partial charge in [0.05, 0.1) is 24.9 Å². The predicted octanol–water partition coefficient (Wildman–Crippen LogP) is 3.43. The smallest absolute Gasteiger partial charge is 0.174 e. The zero-order valence-corrected chi connectivity index (χ0v) is 17.8. The molecule has 4 heterocycles. The SMILES string of the molecule is Cn1cccc1C1C(c2ccccn2)NC(=S)N1c1ccc(N2CCOCC2)cc1. The van der Waals surface area contributed by atoms with Gasteiger partial charge in [-0.2, -0.15) is 0 Å². The van der Waals surface area contributed by atoms with Crippen LogP contribution in [0, 0.1) is 0 Å². The van der Waals surface area contributed by atoms with E-state index in [1.807, 2.05) is 18.3 Å². The summed E-state index contributed by atoms with van der Waals surface area (Å²) in [5.41, 5.74) is 4.47. The molecule has 0 amide bonds. The number of thiocarbonyl (C=S) groups is 1. The molecule has 0 aliphatic carbocycles. The van der Waals surface area contributed by atoms with Crippen LogP contribution in [0.2, 0.25) is 0 Å². The highest BCUT2D eigenvalue weighted by Gasteiger charge is 2.41. The van der Waals surface area contributed by atoms with Crippen molar-refractivity contribution >= 4 is 28.7 Å². The van der Waals surface area contributed by atoms with Gasteiger partial charge in [0.25, 0.3) is 0 Å². The number of anilines is 2. The van der Waals surface area contributed by atoms with E-state index < -0.39 is 0 Å². The van der Waals surface area contributed by atoms with Gasteiger partial charge in [-0.05, 0) is 60.7 Å². The molecule has 0 saturated carbocycles. The maximum atomic E-state index is 5.80. The second kappa shape index (κ2) is 8.08. The topological polar surface area (TPSA) is 45.6 Å². The molecule has 7 heteroatoms. The Labute approximate surface area is 182 Å². The van der Waals surface area contributed by atoms with Crippen molar-refractivity contribution in [3.63, 3.8) is 0 Å². The molecule has 0 bridgehead atoms. The van der Waals surface area contributed by atoms with Crippen molar-refractivity contribution < 1.29 is 4.74 Å². The van der Waals surface area contributed by atoms with E-state index in [2.05, 4.69) is 80.4 Å². The summed E-state index contributed by atoms with van der Waals surface area (Å²) in [5, 5.41) is 4.24. The minimum Gasteiger partial charge on any atom is -0.378 e. The Bertz CT molecular complexity index is 1010. The van der Waals surface area contributed by atoms with E-state index in [0.717, 1.165) is 42.8 Å². The fourth-order valence-corrected chi connectivity index (χ4v) is 4.71. The van der Waals surface area contributed by atoms with E-state index in [9.17, 15) is 0 Å². The molecule has 2 aromatic heterocycles. The van der Waals surface area contributed by atoms with Crippen LogP contribution in [0.15, 0.2) is 67.0 Å². The first-order valence-corrected chi connectivity index (χ1v) is 10.7. The molecule has 154 valence electrons. The molecule has 1 aromatic carbocycles. The highest BCUT2D eigenvalue weighted by atomic mass is 32.1. The summed E-state index contributed by atoms with van der Waals surface area (Å²) in [7, 11) is 2.08. The first-order valence-electron chi connectivity index (χ1n) is 10.3. The second-order valence-corrected chi connectivity index (χ2v) is 8.04. The second-order valence-electron chi connectivity index (χ2n) is 7.66. The van der Waals surface area contributed by atoms with Crippen LogP contribution >= 0.6 is 12.2 Å². The number of ether oxygens (including phenoxy) is 1. The van der Waals surface area contributed by atoms with Gasteiger partial charge in [-0.25, -0.2) is 0 Å². The fraction of sp³-hybridized carbons (Fsp3) is 0.304. The summed E-state index contributed by atoms with van der Waals surface area (Å²) in [6.45, 7) is 3.42. The van der Waals surface area contributed by atoms with Gasteiger partial charge in [0, 0.05) is 49.6 Å². The maximum Gasteiger partial charge on any atom is 0.174 e. The van der Waals surface area contributed by atoms with Crippen molar-refractivity contribution in [1.29, 1.82) is 0 Å². The zero-order chi connectivity index (χ0) is 20.5. The third kappa shape index (κ3) is 3.44. The standard InChI is InChI=1S/C23H25N5OS/c1-26-12-4-6-20(26)22-21(19-5-2-3-11-24-19)25-23(30)28(22)18-9-7-17(8-10-18)27-13-15-29-16-14-27/h2-12,21-22H,13-16H2,1H3,(H,25,30). The lowest BCUT2D eigenvalue weighted by molar-refractivity contribution is 0.122. The van der Waals surface area contributed by atoms with E-state index in [1.54, 1.807) is 0 Å². The third-order valence-corrected chi connectivity index (χ3v) is 6.20. The molecule has 0 radical (unpaired) electrons. The lowest BCUT2D eigenvalue weighted by Crippen LogP contribution is -2.36. The van der Waals surface area contributed by atoms with Crippen LogP contribution in [0.5, 0.6) is 0 Å². The van der Waals surface area contributed by atoms with Gasteiger partial charge in [-0.3, -0.25) is 4.98 Å². The number of aryl methyl sites for hydroxylation is 1. The van der Waals surface area contributed by atoms with Gasteiger partial charge in [0.15, 0.2) is 5.11 Å². The Balaban J connectivity index is 1.51. The number of pyridine rings is 1. The van der Waals surface area contributed by atoms with E-state index in [1.165, 1.54) is 11.4 Å². The van der Waals surface area contributed by atoms with Crippen LogP contribution in [0.25, 0.3) is 0 Å². The molecule has 5 rings (SSSR count). The van der Waals surface area contributed by atoms with E-state index in [4.69, 9.17) is 17.0 Å². The summed E-state index contributed by atoms with van der Waals surface area (Å²) in [6, 6.07) is 18.9. The Morgan fingerprint density at radius 2 is 1.77 bits per heavy atom. The van der Waals surface area contributed by atoms with Gasteiger partial charge in [-0.1, -0.05) is 6.07 Å². The van der Waals surface area contributed by atoms with Gasteiger partial charge >= 0.3 is 0 Å². The number of rotatable bonds is 4. The van der Waals surface area contributed by atoms with Crippen molar-refractivity contribution in [2.24, 2.45) is 7.05 Å². The molecule has 30 heavy (non-hydrogen) atoms. The number of aromatic nitrogens is 2. The molecule has 1 N–H and O–H groups in total. The van der Waals surface area contributed by atoms with Gasteiger partial charge < -0.3 is 24.4 Å². The molecule has 2 atom stereocenters. The minimum absolute atomic E-state index is 0.0154.